The second-order valence-electron chi connectivity index (χ2n) is 5.30. The molecule has 19 heavy (non-hydrogen) atoms. The molecule has 4 heteroatoms. The number of halogens is 1. The molecule has 3 unspecified atom stereocenters. The van der Waals surface area contributed by atoms with E-state index in [-0.39, 0.29) is 6.04 Å². The molecule has 3 N–H and O–H groups in total. The third-order valence-corrected chi connectivity index (χ3v) is 3.76. The molecule has 0 amide bonds. The molecule has 3 nitrogen and oxygen atoms in total. The summed E-state index contributed by atoms with van der Waals surface area (Å²) < 4.78 is 0. The van der Waals surface area contributed by atoms with E-state index in [2.05, 4.69) is 13.0 Å². The second-order valence-corrected chi connectivity index (χ2v) is 5.74. The minimum atomic E-state index is -0.824. The number of carboxylic acid groups (broad SMARTS) is 1. The third-order valence-electron chi connectivity index (χ3n) is 3.52. The van der Waals surface area contributed by atoms with Gasteiger partial charge in [0, 0.05) is 11.1 Å². The molecule has 0 aliphatic heterocycles. The molecule has 0 fully saturated rings. The SMILES string of the molecule is CC(CCc1cccc(Cl)c1)CC(N)C(C)C(=O)O. The Hall–Kier alpha value is -1.06. The summed E-state index contributed by atoms with van der Waals surface area (Å²) in [6.07, 6.45) is 2.66. The van der Waals surface area contributed by atoms with Crippen molar-refractivity contribution in [2.45, 2.75) is 39.2 Å². The number of nitrogens with two attached hydrogens (primary N) is 1. The lowest BCUT2D eigenvalue weighted by Crippen LogP contribution is -2.35. The minimum absolute atomic E-state index is 0.285. The minimum Gasteiger partial charge on any atom is -0.481 e. The monoisotopic (exact) mass is 283 g/mol. The number of hydrogen-bond donors (Lipinski definition) is 2. The van der Waals surface area contributed by atoms with Crippen LogP contribution < -0.4 is 5.73 Å². The van der Waals surface area contributed by atoms with E-state index in [1.165, 1.54) is 5.56 Å². The van der Waals surface area contributed by atoms with Crippen LogP contribution in [-0.2, 0) is 11.2 Å². The zero-order valence-corrected chi connectivity index (χ0v) is 12.2. The summed E-state index contributed by atoms with van der Waals surface area (Å²) in [7, 11) is 0. The van der Waals surface area contributed by atoms with Crippen molar-refractivity contribution in [2.24, 2.45) is 17.6 Å². The molecular formula is C15H22ClNO2. The average molecular weight is 284 g/mol. The van der Waals surface area contributed by atoms with Gasteiger partial charge >= 0.3 is 5.97 Å². The fraction of sp³-hybridized carbons (Fsp3) is 0.533. The van der Waals surface area contributed by atoms with E-state index in [4.69, 9.17) is 22.4 Å². The number of carbonyl (C=O) groups is 1. The van der Waals surface area contributed by atoms with Crippen LogP contribution in [0.5, 0.6) is 0 Å². The van der Waals surface area contributed by atoms with E-state index >= 15 is 0 Å². The highest BCUT2D eigenvalue weighted by molar-refractivity contribution is 6.30. The van der Waals surface area contributed by atoms with Crippen molar-refractivity contribution in [3.8, 4) is 0 Å². The highest BCUT2D eigenvalue weighted by atomic mass is 35.5. The van der Waals surface area contributed by atoms with Crippen LogP contribution in [0.1, 0.15) is 32.3 Å². The molecule has 0 aliphatic carbocycles. The van der Waals surface area contributed by atoms with E-state index in [1.54, 1.807) is 6.92 Å². The Balaban J connectivity index is 2.39. The van der Waals surface area contributed by atoms with Crippen molar-refractivity contribution in [1.29, 1.82) is 0 Å². The van der Waals surface area contributed by atoms with Gasteiger partial charge in [-0.05, 0) is 42.9 Å². The Morgan fingerprint density at radius 1 is 1.42 bits per heavy atom. The first-order valence-corrected chi connectivity index (χ1v) is 7.00. The molecule has 1 aromatic carbocycles. The van der Waals surface area contributed by atoms with Crippen LogP contribution in [0.2, 0.25) is 5.02 Å². The first kappa shape index (κ1) is 16.0. The lowest BCUT2D eigenvalue weighted by Gasteiger charge is -2.20. The van der Waals surface area contributed by atoms with Gasteiger partial charge in [0.2, 0.25) is 0 Å². The van der Waals surface area contributed by atoms with Crippen molar-refractivity contribution < 1.29 is 9.90 Å². The van der Waals surface area contributed by atoms with E-state index in [0.717, 1.165) is 24.3 Å². The molecule has 0 saturated carbocycles. The van der Waals surface area contributed by atoms with Crippen LogP contribution in [-0.4, -0.2) is 17.1 Å². The molecule has 0 radical (unpaired) electrons. The molecule has 0 heterocycles. The molecule has 1 aromatic rings. The van der Waals surface area contributed by atoms with E-state index in [9.17, 15) is 4.79 Å². The van der Waals surface area contributed by atoms with Gasteiger partial charge in [-0.2, -0.15) is 0 Å². The Labute approximate surface area is 119 Å². The number of hydrogen-bond acceptors (Lipinski definition) is 2. The molecule has 0 spiro atoms. The van der Waals surface area contributed by atoms with Gasteiger partial charge < -0.3 is 10.8 Å². The number of carboxylic acids is 1. The van der Waals surface area contributed by atoms with E-state index in [0.29, 0.717) is 5.92 Å². The van der Waals surface area contributed by atoms with Gasteiger partial charge in [0.15, 0.2) is 0 Å². The fourth-order valence-corrected chi connectivity index (χ4v) is 2.29. The van der Waals surface area contributed by atoms with Crippen molar-refractivity contribution in [3.05, 3.63) is 34.9 Å². The predicted octanol–water partition coefficient (Wildman–Crippen LogP) is 3.35. The lowest BCUT2D eigenvalue weighted by molar-refractivity contribution is -0.141. The summed E-state index contributed by atoms with van der Waals surface area (Å²) in [6, 6.07) is 7.54. The maximum Gasteiger partial charge on any atom is 0.307 e. The quantitative estimate of drug-likeness (QED) is 0.807. The Kier molecular flexibility index (Phi) is 6.32. The van der Waals surface area contributed by atoms with Crippen LogP contribution in [0.3, 0.4) is 0 Å². The van der Waals surface area contributed by atoms with Crippen molar-refractivity contribution in [2.75, 3.05) is 0 Å². The second kappa shape index (κ2) is 7.51. The molecular weight excluding hydrogens is 262 g/mol. The first-order chi connectivity index (χ1) is 8.90. The maximum absolute atomic E-state index is 10.8. The van der Waals surface area contributed by atoms with Gasteiger partial charge in [-0.15, -0.1) is 0 Å². The van der Waals surface area contributed by atoms with Crippen LogP contribution >= 0.6 is 11.6 Å². The Morgan fingerprint density at radius 2 is 2.11 bits per heavy atom. The van der Waals surface area contributed by atoms with Crippen LogP contribution in [0.4, 0.5) is 0 Å². The highest BCUT2D eigenvalue weighted by Crippen LogP contribution is 2.19. The normalized spacial score (nSPS) is 15.8. The topological polar surface area (TPSA) is 63.3 Å². The van der Waals surface area contributed by atoms with Crippen molar-refractivity contribution in [1.82, 2.24) is 0 Å². The number of aliphatic carboxylic acids is 1. The molecule has 0 saturated heterocycles. The summed E-state index contributed by atoms with van der Waals surface area (Å²) >= 11 is 5.94. The summed E-state index contributed by atoms with van der Waals surface area (Å²) in [5.41, 5.74) is 7.12. The van der Waals surface area contributed by atoms with Gasteiger partial charge in [0.1, 0.15) is 0 Å². The number of rotatable bonds is 7. The van der Waals surface area contributed by atoms with Gasteiger partial charge in [0.25, 0.3) is 0 Å². The van der Waals surface area contributed by atoms with Crippen molar-refractivity contribution >= 4 is 17.6 Å². The zero-order chi connectivity index (χ0) is 14.4. The molecule has 0 aromatic heterocycles. The van der Waals surface area contributed by atoms with Crippen LogP contribution in [0, 0.1) is 11.8 Å². The maximum atomic E-state index is 10.8. The molecule has 0 aliphatic rings. The predicted molar refractivity (Wildman–Crippen MR) is 78.3 cm³/mol. The Morgan fingerprint density at radius 3 is 2.68 bits per heavy atom. The van der Waals surface area contributed by atoms with E-state index in [1.807, 2.05) is 18.2 Å². The molecule has 106 valence electrons. The summed E-state index contributed by atoms with van der Waals surface area (Å²) in [6.45, 7) is 3.77. The average Bonchev–Trinajstić information content (AvgIpc) is 2.35. The van der Waals surface area contributed by atoms with Gasteiger partial charge in [-0.25, -0.2) is 0 Å². The smallest absolute Gasteiger partial charge is 0.307 e. The fourth-order valence-electron chi connectivity index (χ4n) is 2.08. The molecule has 3 atom stereocenters. The van der Waals surface area contributed by atoms with Crippen molar-refractivity contribution in [3.63, 3.8) is 0 Å². The standard InChI is InChI=1S/C15H22ClNO2/c1-10(8-14(17)11(2)15(18)19)6-7-12-4-3-5-13(16)9-12/h3-5,9-11,14H,6-8,17H2,1-2H3,(H,18,19). The zero-order valence-electron chi connectivity index (χ0n) is 11.5. The highest BCUT2D eigenvalue weighted by Gasteiger charge is 2.21. The summed E-state index contributed by atoms with van der Waals surface area (Å²) in [4.78, 5) is 10.8. The Bertz CT molecular complexity index is 422. The first-order valence-electron chi connectivity index (χ1n) is 6.63. The van der Waals surface area contributed by atoms with Gasteiger partial charge in [0.05, 0.1) is 5.92 Å². The lowest BCUT2D eigenvalue weighted by atomic mass is 9.90. The summed E-state index contributed by atoms with van der Waals surface area (Å²) in [5, 5.41) is 9.66. The van der Waals surface area contributed by atoms with Crippen LogP contribution in [0.25, 0.3) is 0 Å². The number of benzene rings is 1. The molecule has 0 bridgehead atoms. The number of aryl methyl sites for hydroxylation is 1. The largest absolute Gasteiger partial charge is 0.481 e. The van der Waals surface area contributed by atoms with Gasteiger partial charge in [-0.1, -0.05) is 37.6 Å². The molecule has 1 rings (SSSR count). The summed E-state index contributed by atoms with van der Waals surface area (Å²) in [5.74, 6) is -0.918. The van der Waals surface area contributed by atoms with Gasteiger partial charge in [-0.3, -0.25) is 4.79 Å². The van der Waals surface area contributed by atoms with Crippen LogP contribution in [0.15, 0.2) is 24.3 Å². The van der Waals surface area contributed by atoms with E-state index < -0.39 is 11.9 Å². The third kappa shape index (κ3) is 5.62.